The third-order valence-electron chi connectivity index (χ3n) is 4.54. The molecule has 0 radical (unpaired) electrons. The Morgan fingerprint density at radius 3 is 2.65 bits per heavy atom. The molecule has 2 saturated heterocycles. The molecule has 0 bridgehead atoms. The van der Waals surface area contributed by atoms with Gasteiger partial charge in [0.05, 0.1) is 5.92 Å². The lowest BCUT2D eigenvalue weighted by molar-refractivity contribution is -0.134. The Bertz CT molecular complexity index is 617. The van der Waals surface area contributed by atoms with Crippen molar-refractivity contribution in [2.75, 3.05) is 20.1 Å². The van der Waals surface area contributed by atoms with E-state index < -0.39 is 6.04 Å². The van der Waals surface area contributed by atoms with Gasteiger partial charge < -0.3 is 15.1 Å². The van der Waals surface area contributed by atoms with Crippen molar-refractivity contribution in [3.8, 4) is 0 Å². The maximum absolute atomic E-state index is 12.4. The first-order valence-electron chi connectivity index (χ1n) is 7.91. The third kappa shape index (κ3) is 3.36. The summed E-state index contributed by atoms with van der Waals surface area (Å²) in [6.07, 6.45) is 0.852. The molecule has 2 fully saturated rings. The average Bonchev–Trinajstić information content (AvgIpc) is 3.05. The predicted octanol–water partition coefficient (Wildman–Crippen LogP) is 0.382. The average molecular weight is 315 g/mol. The van der Waals surface area contributed by atoms with E-state index >= 15 is 0 Å². The number of hydrogen-bond donors (Lipinski definition) is 1. The summed E-state index contributed by atoms with van der Waals surface area (Å²) >= 11 is 0. The quantitative estimate of drug-likeness (QED) is 0.873. The highest BCUT2D eigenvalue weighted by Crippen LogP contribution is 2.19. The molecule has 6 heteroatoms. The molecular formula is C17H21N3O3. The van der Waals surface area contributed by atoms with Gasteiger partial charge >= 0.3 is 0 Å². The lowest BCUT2D eigenvalue weighted by Crippen LogP contribution is -2.44. The molecule has 2 heterocycles. The number of carbonyl (C=O) groups excluding carboxylic acids is 3. The van der Waals surface area contributed by atoms with Crippen LogP contribution >= 0.6 is 0 Å². The second-order valence-electron chi connectivity index (χ2n) is 6.27. The van der Waals surface area contributed by atoms with Crippen molar-refractivity contribution in [1.82, 2.24) is 15.1 Å². The Hall–Kier alpha value is -2.37. The molecule has 1 N–H and O–H groups in total. The zero-order valence-corrected chi connectivity index (χ0v) is 13.2. The van der Waals surface area contributed by atoms with Crippen molar-refractivity contribution in [2.45, 2.75) is 25.4 Å². The van der Waals surface area contributed by atoms with Crippen molar-refractivity contribution in [2.24, 2.45) is 5.92 Å². The van der Waals surface area contributed by atoms with Crippen LogP contribution in [-0.4, -0.2) is 53.7 Å². The number of likely N-dealkylation sites (tertiary alicyclic amines) is 2. The van der Waals surface area contributed by atoms with Crippen molar-refractivity contribution >= 4 is 17.7 Å². The van der Waals surface area contributed by atoms with Crippen LogP contribution in [0.25, 0.3) is 0 Å². The van der Waals surface area contributed by atoms with Crippen LogP contribution in [0, 0.1) is 5.92 Å². The SMILES string of the molecule is CN1C[C@H](C(=O)N[C@@H]2CCN(Cc3ccccc3)C2=O)CC1=O. The van der Waals surface area contributed by atoms with Crippen LogP contribution in [0.15, 0.2) is 30.3 Å². The van der Waals surface area contributed by atoms with Crippen molar-refractivity contribution < 1.29 is 14.4 Å². The van der Waals surface area contributed by atoms with Gasteiger partial charge in [-0.2, -0.15) is 0 Å². The Morgan fingerprint density at radius 1 is 1.26 bits per heavy atom. The zero-order chi connectivity index (χ0) is 16.4. The smallest absolute Gasteiger partial charge is 0.245 e. The fraction of sp³-hybridized carbons (Fsp3) is 0.471. The summed E-state index contributed by atoms with van der Waals surface area (Å²) in [7, 11) is 1.69. The lowest BCUT2D eigenvalue weighted by atomic mass is 10.1. The summed E-state index contributed by atoms with van der Waals surface area (Å²) in [5.41, 5.74) is 1.08. The molecule has 0 saturated carbocycles. The number of amides is 3. The molecule has 0 spiro atoms. The van der Waals surface area contributed by atoms with Gasteiger partial charge in [-0.1, -0.05) is 30.3 Å². The summed E-state index contributed by atoms with van der Waals surface area (Å²) in [6.45, 7) is 1.64. The van der Waals surface area contributed by atoms with Gasteiger partial charge in [-0.05, 0) is 12.0 Å². The summed E-state index contributed by atoms with van der Waals surface area (Å²) in [5, 5.41) is 2.82. The fourth-order valence-corrected chi connectivity index (χ4v) is 3.16. The van der Waals surface area contributed by atoms with Crippen LogP contribution in [0.5, 0.6) is 0 Å². The van der Waals surface area contributed by atoms with Crippen molar-refractivity contribution in [3.63, 3.8) is 0 Å². The predicted molar refractivity (Wildman–Crippen MR) is 84.2 cm³/mol. The minimum Gasteiger partial charge on any atom is -0.345 e. The molecule has 3 amide bonds. The highest BCUT2D eigenvalue weighted by Gasteiger charge is 2.37. The van der Waals surface area contributed by atoms with Gasteiger partial charge in [0.2, 0.25) is 17.7 Å². The number of benzene rings is 1. The lowest BCUT2D eigenvalue weighted by Gasteiger charge is -2.18. The summed E-state index contributed by atoms with van der Waals surface area (Å²) in [5.74, 6) is -0.598. The first-order valence-corrected chi connectivity index (χ1v) is 7.91. The van der Waals surface area contributed by atoms with Gasteiger partial charge in [0.25, 0.3) is 0 Å². The Labute approximate surface area is 135 Å². The van der Waals surface area contributed by atoms with E-state index in [1.807, 2.05) is 30.3 Å². The van der Waals surface area contributed by atoms with Gasteiger partial charge in [-0.15, -0.1) is 0 Å². The van der Waals surface area contributed by atoms with Crippen LogP contribution in [0.4, 0.5) is 0 Å². The van der Waals surface area contributed by atoms with E-state index in [-0.39, 0.29) is 30.1 Å². The molecule has 6 nitrogen and oxygen atoms in total. The molecule has 1 aromatic carbocycles. The minimum atomic E-state index is -0.466. The van der Waals surface area contributed by atoms with E-state index in [0.717, 1.165) is 5.56 Å². The normalized spacial score (nSPS) is 24.4. The van der Waals surface area contributed by atoms with Crippen LogP contribution in [-0.2, 0) is 20.9 Å². The molecule has 23 heavy (non-hydrogen) atoms. The van der Waals surface area contributed by atoms with E-state index in [1.165, 1.54) is 0 Å². The number of nitrogens with one attached hydrogen (secondary N) is 1. The summed E-state index contributed by atoms with van der Waals surface area (Å²) < 4.78 is 0. The number of nitrogens with zero attached hydrogens (tertiary/aromatic N) is 2. The number of carbonyl (C=O) groups is 3. The standard InChI is InChI=1S/C17H21N3O3/c1-19-11-13(9-15(19)21)16(22)18-14-7-8-20(17(14)23)10-12-5-3-2-4-6-12/h2-6,13-14H,7-11H2,1H3,(H,18,22)/t13-,14-/m1/s1. The Morgan fingerprint density at radius 2 is 2.00 bits per heavy atom. The molecule has 3 rings (SSSR count). The molecule has 2 atom stereocenters. The number of hydrogen-bond acceptors (Lipinski definition) is 3. The molecule has 2 aliphatic heterocycles. The van der Waals surface area contributed by atoms with Gasteiger partial charge in [0.15, 0.2) is 0 Å². The first kappa shape index (κ1) is 15.5. The minimum absolute atomic E-state index is 0.0198. The van der Waals surface area contributed by atoms with E-state index in [0.29, 0.717) is 26.1 Å². The zero-order valence-electron chi connectivity index (χ0n) is 13.2. The van der Waals surface area contributed by atoms with E-state index in [2.05, 4.69) is 5.32 Å². The molecule has 122 valence electrons. The van der Waals surface area contributed by atoms with Crippen LogP contribution in [0.1, 0.15) is 18.4 Å². The largest absolute Gasteiger partial charge is 0.345 e. The van der Waals surface area contributed by atoms with Crippen molar-refractivity contribution in [3.05, 3.63) is 35.9 Å². The van der Waals surface area contributed by atoms with Gasteiger partial charge in [-0.3, -0.25) is 14.4 Å². The number of rotatable bonds is 4. The second-order valence-corrected chi connectivity index (χ2v) is 6.27. The molecule has 1 aromatic rings. The van der Waals surface area contributed by atoms with Crippen LogP contribution < -0.4 is 5.32 Å². The molecule has 0 unspecified atom stereocenters. The Kier molecular flexibility index (Phi) is 4.32. The van der Waals surface area contributed by atoms with Gasteiger partial charge in [0, 0.05) is 33.1 Å². The van der Waals surface area contributed by atoms with Crippen molar-refractivity contribution in [1.29, 1.82) is 0 Å². The maximum Gasteiger partial charge on any atom is 0.245 e. The monoisotopic (exact) mass is 315 g/mol. The summed E-state index contributed by atoms with van der Waals surface area (Å²) in [4.78, 5) is 39.5. The fourth-order valence-electron chi connectivity index (χ4n) is 3.16. The second kappa shape index (κ2) is 6.40. The van der Waals surface area contributed by atoms with E-state index in [1.54, 1.807) is 16.8 Å². The third-order valence-corrected chi connectivity index (χ3v) is 4.54. The van der Waals surface area contributed by atoms with E-state index in [9.17, 15) is 14.4 Å². The van der Waals surface area contributed by atoms with Crippen LogP contribution in [0.2, 0.25) is 0 Å². The molecule has 0 aromatic heterocycles. The first-order chi connectivity index (χ1) is 11.0. The highest BCUT2D eigenvalue weighted by atomic mass is 16.2. The Balaban J connectivity index is 1.55. The molecule has 2 aliphatic rings. The topological polar surface area (TPSA) is 69.7 Å². The van der Waals surface area contributed by atoms with E-state index in [4.69, 9.17) is 0 Å². The van der Waals surface area contributed by atoms with Gasteiger partial charge in [0.1, 0.15) is 6.04 Å². The van der Waals surface area contributed by atoms with Gasteiger partial charge in [-0.25, -0.2) is 0 Å². The van der Waals surface area contributed by atoms with Crippen LogP contribution in [0.3, 0.4) is 0 Å². The maximum atomic E-state index is 12.4. The summed E-state index contributed by atoms with van der Waals surface area (Å²) in [6, 6.07) is 9.34. The molecular weight excluding hydrogens is 294 g/mol. The molecule has 0 aliphatic carbocycles. The highest BCUT2D eigenvalue weighted by molar-refractivity contribution is 5.93.